The zero-order chi connectivity index (χ0) is 9.97. The van der Waals surface area contributed by atoms with Gasteiger partial charge >= 0.3 is 0 Å². The van der Waals surface area contributed by atoms with E-state index in [0.717, 1.165) is 12.0 Å². The summed E-state index contributed by atoms with van der Waals surface area (Å²) in [5.74, 6) is 0.657. The predicted molar refractivity (Wildman–Crippen MR) is 53.6 cm³/mol. The van der Waals surface area contributed by atoms with Gasteiger partial charge in [-0.3, -0.25) is 4.79 Å². The number of carbonyl (C=O) groups is 1. The number of hydrogen-bond donors (Lipinski definition) is 1. The Kier molecular flexibility index (Phi) is 2.39. The summed E-state index contributed by atoms with van der Waals surface area (Å²) in [7, 11) is 0. The summed E-state index contributed by atoms with van der Waals surface area (Å²) in [5, 5.41) is 2.79. The topological polar surface area (TPSA) is 38.3 Å². The third-order valence-electron chi connectivity index (χ3n) is 2.34. The van der Waals surface area contributed by atoms with Crippen molar-refractivity contribution in [2.24, 2.45) is 0 Å². The van der Waals surface area contributed by atoms with Gasteiger partial charge in [0, 0.05) is 0 Å². The lowest BCUT2D eigenvalue weighted by Gasteiger charge is -2.06. The zero-order valence-corrected chi connectivity index (χ0v) is 8.17. The van der Waals surface area contributed by atoms with Crippen LogP contribution in [0.4, 0.5) is 0 Å². The molecule has 0 spiro atoms. The smallest absolute Gasteiger partial charge is 0.255 e. The van der Waals surface area contributed by atoms with E-state index in [1.807, 2.05) is 18.2 Å². The number of benzene rings is 1. The van der Waals surface area contributed by atoms with E-state index < -0.39 is 0 Å². The Morgan fingerprint density at radius 3 is 3.14 bits per heavy atom. The molecule has 1 aromatic rings. The average Bonchev–Trinajstić information content (AvgIpc) is 2.40. The number of amides is 1. The van der Waals surface area contributed by atoms with Crippen LogP contribution in [0, 0.1) is 0 Å². The molecular weight excluding hydrogens is 178 g/mol. The fourth-order valence-corrected chi connectivity index (χ4v) is 1.52. The van der Waals surface area contributed by atoms with E-state index in [-0.39, 0.29) is 5.91 Å². The van der Waals surface area contributed by atoms with Crippen molar-refractivity contribution in [2.45, 2.75) is 13.3 Å². The minimum Gasteiger partial charge on any atom is -0.491 e. The number of carbonyl (C=O) groups excluding carboxylic acids is 1. The van der Waals surface area contributed by atoms with Gasteiger partial charge < -0.3 is 10.1 Å². The first kappa shape index (κ1) is 9.06. The molecule has 0 unspecified atom stereocenters. The van der Waals surface area contributed by atoms with E-state index in [1.165, 1.54) is 0 Å². The molecule has 0 bridgehead atoms. The van der Waals surface area contributed by atoms with Crippen molar-refractivity contribution in [3.63, 3.8) is 0 Å². The van der Waals surface area contributed by atoms with E-state index in [1.54, 1.807) is 0 Å². The monoisotopic (exact) mass is 191 g/mol. The van der Waals surface area contributed by atoms with Crippen molar-refractivity contribution in [1.82, 2.24) is 5.32 Å². The highest BCUT2D eigenvalue weighted by atomic mass is 16.5. The molecule has 1 aliphatic heterocycles. The van der Waals surface area contributed by atoms with Gasteiger partial charge in [-0.2, -0.15) is 0 Å². The number of nitrogens with one attached hydrogen (secondary N) is 1. The number of hydrogen-bond acceptors (Lipinski definition) is 2. The minimum atomic E-state index is -0.0344. The highest BCUT2D eigenvalue weighted by molar-refractivity contribution is 5.97. The van der Waals surface area contributed by atoms with Crippen LogP contribution in [0.2, 0.25) is 0 Å². The van der Waals surface area contributed by atoms with Gasteiger partial charge in [0.25, 0.3) is 5.91 Å². The molecule has 0 radical (unpaired) electrons. The van der Waals surface area contributed by atoms with Crippen LogP contribution in [-0.4, -0.2) is 19.1 Å². The van der Waals surface area contributed by atoms with Crippen LogP contribution in [0.5, 0.6) is 5.75 Å². The summed E-state index contributed by atoms with van der Waals surface area (Å²) < 4.78 is 5.44. The Hall–Kier alpha value is -1.51. The maximum Gasteiger partial charge on any atom is 0.255 e. The van der Waals surface area contributed by atoms with E-state index in [9.17, 15) is 4.79 Å². The molecule has 0 saturated heterocycles. The van der Waals surface area contributed by atoms with Crippen molar-refractivity contribution >= 4 is 5.91 Å². The fraction of sp³-hybridized carbons (Fsp3) is 0.364. The van der Waals surface area contributed by atoms with Gasteiger partial charge in [0.2, 0.25) is 0 Å². The summed E-state index contributed by atoms with van der Waals surface area (Å²) in [5.41, 5.74) is 1.81. The molecule has 1 heterocycles. The second kappa shape index (κ2) is 3.70. The van der Waals surface area contributed by atoms with E-state index in [0.29, 0.717) is 24.5 Å². The Labute approximate surface area is 83.1 Å². The molecular formula is C11H13NO2. The SMILES string of the molecule is CCc1ccc2c(c1)C(=O)NCCO2. The molecule has 0 fully saturated rings. The summed E-state index contributed by atoms with van der Waals surface area (Å²) in [4.78, 5) is 11.6. The van der Waals surface area contributed by atoms with E-state index >= 15 is 0 Å². The fourth-order valence-electron chi connectivity index (χ4n) is 1.52. The Morgan fingerprint density at radius 1 is 1.50 bits per heavy atom. The van der Waals surface area contributed by atoms with Gasteiger partial charge in [-0.05, 0) is 24.1 Å². The highest BCUT2D eigenvalue weighted by Crippen LogP contribution is 2.21. The van der Waals surface area contributed by atoms with Gasteiger partial charge in [0.1, 0.15) is 12.4 Å². The molecule has 14 heavy (non-hydrogen) atoms. The molecule has 74 valence electrons. The quantitative estimate of drug-likeness (QED) is 0.728. The molecule has 1 N–H and O–H groups in total. The van der Waals surface area contributed by atoms with Crippen LogP contribution in [0.1, 0.15) is 22.8 Å². The van der Waals surface area contributed by atoms with Crippen LogP contribution >= 0.6 is 0 Å². The van der Waals surface area contributed by atoms with Crippen molar-refractivity contribution in [2.75, 3.05) is 13.2 Å². The third-order valence-corrected chi connectivity index (χ3v) is 2.34. The minimum absolute atomic E-state index is 0.0344. The molecule has 3 heteroatoms. The number of aryl methyl sites for hydroxylation is 1. The van der Waals surface area contributed by atoms with Crippen LogP contribution in [-0.2, 0) is 6.42 Å². The van der Waals surface area contributed by atoms with Gasteiger partial charge in [-0.15, -0.1) is 0 Å². The van der Waals surface area contributed by atoms with Crippen LogP contribution in [0.15, 0.2) is 18.2 Å². The molecule has 0 aromatic heterocycles. The first-order chi connectivity index (χ1) is 6.81. The van der Waals surface area contributed by atoms with Crippen molar-refractivity contribution < 1.29 is 9.53 Å². The lowest BCUT2D eigenvalue weighted by atomic mass is 10.1. The van der Waals surface area contributed by atoms with Gasteiger partial charge in [0.05, 0.1) is 12.1 Å². The highest BCUT2D eigenvalue weighted by Gasteiger charge is 2.15. The molecule has 0 aliphatic carbocycles. The molecule has 2 rings (SSSR count). The Morgan fingerprint density at radius 2 is 2.36 bits per heavy atom. The lowest BCUT2D eigenvalue weighted by Crippen LogP contribution is -2.24. The van der Waals surface area contributed by atoms with Crippen molar-refractivity contribution in [3.05, 3.63) is 29.3 Å². The molecule has 1 aromatic carbocycles. The third kappa shape index (κ3) is 1.58. The normalized spacial score (nSPS) is 15.1. The summed E-state index contributed by atoms with van der Waals surface area (Å²) >= 11 is 0. The first-order valence-corrected chi connectivity index (χ1v) is 4.85. The van der Waals surface area contributed by atoms with Crippen molar-refractivity contribution in [3.8, 4) is 5.75 Å². The second-order valence-electron chi connectivity index (χ2n) is 3.29. The number of fused-ring (bicyclic) bond motifs is 1. The summed E-state index contributed by atoms with van der Waals surface area (Å²) in [6.07, 6.45) is 0.931. The van der Waals surface area contributed by atoms with E-state index in [4.69, 9.17) is 4.74 Å². The van der Waals surface area contributed by atoms with Gasteiger partial charge in [0.15, 0.2) is 0 Å². The molecule has 1 aliphatic rings. The average molecular weight is 191 g/mol. The second-order valence-corrected chi connectivity index (χ2v) is 3.29. The van der Waals surface area contributed by atoms with Crippen molar-refractivity contribution in [1.29, 1.82) is 0 Å². The first-order valence-electron chi connectivity index (χ1n) is 4.85. The standard InChI is InChI=1S/C11H13NO2/c1-2-8-3-4-10-9(7-8)11(13)12-5-6-14-10/h3-4,7H,2,5-6H2,1H3,(H,12,13). The molecule has 0 saturated carbocycles. The van der Waals surface area contributed by atoms with Gasteiger partial charge in [-0.1, -0.05) is 13.0 Å². The predicted octanol–water partition coefficient (Wildman–Crippen LogP) is 1.37. The van der Waals surface area contributed by atoms with Crippen LogP contribution in [0.25, 0.3) is 0 Å². The van der Waals surface area contributed by atoms with Crippen LogP contribution < -0.4 is 10.1 Å². The largest absolute Gasteiger partial charge is 0.491 e. The number of ether oxygens (including phenoxy) is 1. The zero-order valence-electron chi connectivity index (χ0n) is 8.17. The van der Waals surface area contributed by atoms with Gasteiger partial charge in [-0.25, -0.2) is 0 Å². The maximum atomic E-state index is 11.6. The van der Waals surface area contributed by atoms with Crippen LogP contribution in [0.3, 0.4) is 0 Å². The lowest BCUT2D eigenvalue weighted by molar-refractivity contribution is 0.0957. The Balaban J connectivity index is 2.44. The van der Waals surface area contributed by atoms with E-state index in [2.05, 4.69) is 12.2 Å². The number of rotatable bonds is 1. The molecule has 1 amide bonds. The Bertz CT molecular complexity index is 360. The molecule has 3 nitrogen and oxygen atoms in total. The molecule has 0 atom stereocenters. The summed E-state index contributed by atoms with van der Waals surface area (Å²) in [6.45, 7) is 3.19. The maximum absolute atomic E-state index is 11.6. The summed E-state index contributed by atoms with van der Waals surface area (Å²) in [6, 6.07) is 5.77.